The van der Waals surface area contributed by atoms with E-state index in [9.17, 15) is 4.79 Å². The second-order valence-corrected chi connectivity index (χ2v) is 5.56. The van der Waals surface area contributed by atoms with Crippen molar-refractivity contribution in [2.75, 3.05) is 20.3 Å². The second kappa shape index (κ2) is 5.15. The Labute approximate surface area is 97.9 Å². The van der Waals surface area contributed by atoms with Crippen LogP contribution in [0.2, 0.25) is 0 Å². The number of amides is 1. The van der Waals surface area contributed by atoms with Crippen molar-refractivity contribution in [2.24, 2.45) is 11.1 Å². The molecule has 0 aromatic rings. The van der Waals surface area contributed by atoms with Crippen LogP contribution in [0, 0.1) is 5.41 Å². The minimum atomic E-state index is -0.527. The monoisotopic (exact) mass is 228 g/mol. The number of primary amides is 1. The Balaban J connectivity index is 2.68. The van der Waals surface area contributed by atoms with Gasteiger partial charge < -0.3 is 15.8 Å². The first-order chi connectivity index (χ1) is 7.42. The Bertz CT molecular complexity index is 253. The van der Waals surface area contributed by atoms with E-state index in [0.29, 0.717) is 13.2 Å². The van der Waals surface area contributed by atoms with Gasteiger partial charge in [-0.2, -0.15) is 0 Å². The Hall–Kier alpha value is -0.610. The van der Waals surface area contributed by atoms with Gasteiger partial charge in [0.15, 0.2) is 0 Å². The highest BCUT2D eigenvalue weighted by Gasteiger charge is 2.43. The van der Waals surface area contributed by atoms with E-state index in [1.165, 1.54) is 0 Å². The Morgan fingerprint density at radius 2 is 2.12 bits per heavy atom. The average molecular weight is 228 g/mol. The largest absolute Gasteiger partial charge is 0.383 e. The van der Waals surface area contributed by atoms with Crippen LogP contribution in [0.5, 0.6) is 0 Å². The quantitative estimate of drug-likeness (QED) is 0.691. The van der Waals surface area contributed by atoms with E-state index in [4.69, 9.17) is 10.5 Å². The summed E-state index contributed by atoms with van der Waals surface area (Å²) in [6, 6.07) is 0. The summed E-state index contributed by atoms with van der Waals surface area (Å²) in [4.78, 5) is 11.7. The maximum atomic E-state index is 11.7. The van der Waals surface area contributed by atoms with Crippen LogP contribution in [0.4, 0.5) is 0 Å². The molecule has 0 spiro atoms. The number of carbonyl (C=O) groups is 1. The molecule has 0 aromatic heterocycles. The molecule has 1 fully saturated rings. The molecule has 94 valence electrons. The molecule has 0 aromatic carbocycles. The zero-order valence-electron chi connectivity index (χ0n) is 10.6. The molecule has 4 nitrogen and oxygen atoms in total. The van der Waals surface area contributed by atoms with E-state index >= 15 is 0 Å². The lowest BCUT2D eigenvalue weighted by molar-refractivity contribution is -0.127. The van der Waals surface area contributed by atoms with Gasteiger partial charge in [0.05, 0.1) is 12.1 Å². The van der Waals surface area contributed by atoms with Gasteiger partial charge in [0.2, 0.25) is 5.91 Å². The molecule has 0 aliphatic heterocycles. The lowest BCUT2D eigenvalue weighted by atomic mass is 9.67. The van der Waals surface area contributed by atoms with E-state index in [1.54, 1.807) is 7.11 Å². The van der Waals surface area contributed by atoms with Crippen LogP contribution in [0.25, 0.3) is 0 Å². The molecule has 1 aliphatic carbocycles. The topological polar surface area (TPSA) is 64.3 Å². The van der Waals surface area contributed by atoms with Gasteiger partial charge in [0.25, 0.3) is 0 Å². The van der Waals surface area contributed by atoms with Gasteiger partial charge in [-0.15, -0.1) is 0 Å². The average Bonchev–Trinajstić information content (AvgIpc) is 2.16. The number of hydrogen-bond acceptors (Lipinski definition) is 3. The first-order valence-corrected chi connectivity index (χ1v) is 5.96. The fraction of sp³-hybridized carbons (Fsp3) is 0.917. The third kappa shape index (κ3) is 3.19. The molecule has 16 heavy (non-hydrogen) atoms. The van der Waals surface area contributed by atoms with Gasteiger partial charge in [-0.3, -0.25) is 4.79 Å². The van der Waals surface area contributed by atoms with Crippen molar-refractivity contribution in [1.29, 1.82) is 0 Å². The lowest BCUT2D eigenvalue weighted by Crippen LogP contribution is -2.59. The smallest absolute Gasteiger partial charge is 0.237 e. The third-order valence-corrected chi connectivity index (χ3v) is 3.48. The molecule has 0 heterocycles. The van der Waals surface area contributed by atoms with Crippen LogP contribution in [-0.2, 0) is 9.53 Å². The van der Waals surface area contributed by atoms with E-state index in [0.717, 1.165) is 25.7 Å². The zero-order valence-corrected chi connectivity index (χ0v) is 10.6. The number of nitrogens with one attached hydrogen (secondary N) is 1. The molecule has 3 N–H and O–H groups in total. The highest BCUT2D eigenvalue weighted by atomic mass is 16.5. The molecule has 4 heteroatoms. The molecule has 1 aliphatic rings. The molecule has 1 unspecified atom stereocenters. The van der Waals surface area contributed by atoms with E-state index in [1.807, 2.05) is 0 Å². The molecule has 1 atom stereocenters. The van der Waals surface area contributed by atoms with Crippen LogP contribution in [0.15, 0.2) is 0 Å². The molecule has 0 saturated heterocycles. The Morgan fingerprint density at radius 3 is 2.62 bits per heavy atom. The molecule has 0 bridgehead atoms. The standard InChI is InChI=1S/C12H24N2O2/c1-11(2)5-4-6-12(9-11,10(13)15)14-7-8-16-3/h14H,4-9H2,1-3H3,(H2,13,15). The fourth-order valence-electron chi connectivity index (χ4n) is 2.70. The maximum Gasteiger partial charge on any atom is 0.237 e. The fourth-order valence-corrected chi connectivity index (χ4v) is 2.70. The van der Waals surface area contributed by atoms with Crippen LogP contribution < -0.4 is 11.1 Å². The molecular weight excluding hydrogens is 204 g/mol. The van der Waals surface area contributed by atoms with Crippen molar-refractivity contribution in [3.05, 3.63) is 0 Å². The van der Waals surface area contributed by atoms with Gasteiger partial charge in [-0.1, -0.05) is 20.3 Å². The summed E-state index contributed by atoms with van der Waals surface area (Å²) in [5, 5.41) is 3.29. The highest BCUT2D eigenvalue weighted by molar-refractivity contribution is 5.84. The van der Waals surface area contributed by atoms with E-state index < -0.39 is 5.54 Å². The second-order valence-electron chi connectivity index (χ2n) is 5.56. The predicted molar refractivity (Wildman–Crippen MR) is 64.1 cm³/mol. The minimum Gasteiger partial charge on any atom is -0.383 e. The van der Waals surface area contributed by atoms with E-state index in [2.05, 4.69) is 19.2 Å². The first-order valence-electron chi connectivity index (χ1n) is 5.96. The van der Waals surface area contributed by atoms with Crippen molar-refractivity contribution >= 4 is 5.91 Å². The number of rotatable bonds is 5. The van der Waals surface area contributed by atoms with E-state index in [-0.39, 0.29) is 11.3 Å². The number of carbonyl (C=O) groups excluding carboxylic acids is 1. The molecule has 1 amide bonds. The SMILES string of the molecule is COCCNC1(C(N)=O)CCCC(C)(C)C1. The van der Waals surface area contributed by atoms with Crippen molar-refractivity contribution in [3.63, 3.8) is 0 Å². The summed E-state index contributed by atoms with van der Waals surface area (Å²) in [5.74, 6) is -0.226. The summed E-state index contributed by atoms with van der Waals surface area (Å²) < 4.78 is 4.99. The van der Waals surface area contributed by atoms with Gasteiger partial charge in [0.1, 0.15) is 0 Å². The van der Waals surface area contributed by atoms with Gasteiger partial charge in [0, 0.05) is 13.7 Å². The summed E-state index contributed by atoms with van der Waals surface area (Å²) in [7, 11) is 1.66. The highest BCUT2D eigenvalue weighted by Crippen LogP contribution is 2.40. The van der Waals surface area contributed by atoms with Crippen molar-refractivity contribution in [3.8, 4) is 0 Å². The lowest BCUT2D eigenvalue weighted by Gasteiger charge is -2.43. The molecular formula is C12H24N2O2. The summed E-state index contributed by atoms with van der Waals surface area (Å²) in [5.41, 5.74) is 5.22. The van der Waals surface area contributed by atoms with Gasteiger partial charge in [-0.25, -0.2) is 0 Å². The van der Waals surface area contributed by atoms with Crippen LogP contribution >= 0.6 is 0 Å². The minimum absolute atomic E-state index is 0.188. The molecule has 1 rings (SSSR count). The number of ether oxygens (including phenoxy) is 1. The third-order valence-electron chi connectivity index (χ3n) is 3.48. The first kappa shape index (κ1) is 13.5. The Morgan fingerprint density at radius 1 is 1.44 bits per heavy atom. The van der Waals surface area contributed by atoms with Gasteiger partial charge >= 0.3 is 0 Å². The van der Waals surface area contributed by atoms with Crippen molar-refractivity contribution in [1.82, 2.24) is 5.32 Å². The van der Waals surface area contributed by atoms with Gasteiger partial charge in [-0.05, 0) is 24.7 Å². The van der Waals surface area contributed by atoms with Crippen molar-refractivity contribution in [2.45, 2.75) is 45.1 Å². The summed E-state index contributed by atoms with van der Waals surface area (Å²) >= 11 is 0. The maximum absolute atomic E-state index is 11.7. The molecule has 0 radical (unpaired) electrons. The van der Waals surface area contributed by atoms with Crippen LogP contribution in [0.1, 0.15) is 39.5 Å². The normalized spacial score (nSPS) is 28.9. The summed E-state index contributed by atoms with van der Waals surface area (Å²) in [6.45, 7) is 5.68. The number of nitrogens with two attached hydrogens (primary N) is 1. The van der Waals surface area contributed by atoms with Crippen LogP contribution in [0.3, 0.4) is 0 Å². The molecule has 1 saturated carbocycles. The number of hydrogen-bond donors (Lipinski definition) is 2. The predicted octanol–water partition coefficient (Wildman–Crippen LogP) is 1.05. The Kier molecular flexibility index (Phi) is 4.33. The van der Waals surface area contributed by atoms with Crippen molar-refractivity contribution < 1.29 is 9.53 Å². The van der Waals surface area contributed by atoms with Crippen LogP contribution in [-0.4, -0.2) is 31.7 Å². The summed E-state index contributed by atoms with van der Waals surface area (Å²) in [6.07, 6.45) is 3.87. The zero-order chi connectivity index (χ0) is 12.2. The number of methoxy groups -OCH3 is 1.